The van der Waals surface area contributed by atoms with E-state index in [2.05, 4.69) is 10.3 Å². The molecule has 0 aliphatic carbocycles. The summed E-state index contributed by atoms with van der Waals surface area (Å²) in [6.07, 6.45) is 1.30. The van der Waals surface area contributed by atoms with Crippen LogP contribution in [-0.2, 0) is 4.79 Å². The topological polar surface area (TPSA) is 79.3 Å². The maximum atomic E-state index is 12.4. The standard InChI is InChI=1S/C19H11Cl3N2O3S/c20-13-6-5-12(8-14(13)21)16-9-28-19(23-16)24-17(25)11-3-1-10(2-4-11)7-15(22)18(26)27/h1-9H,(H,26,27)(H,23,24,25)/b15-7-. The Morgan fingerprint density at radius 2 is 1.79 bits per heavy atom. The molecule has 3 rings (SSSR count). The molecular weight excluding hydrogens is 443 g/mol. The van der Waals surface area contributed by atoms with Crippen LogP contribution >= 0.6 is 46.1 Å². The van der Waals surface area contributed by atoms with Crippen LogP contribution in [0.2, 0.25) is 10.0 Å². The molecule has 1 aromatic heterocycles. The Morgan fingerprint density at radius 1 is 1.07 bits per heavy atom. The van der Waals surface area contributed by atoms with Crippen molar-refractivity contribution >= 4 is 69.2 Å². The van der Waals surface area contributed by atoms with Crippen molar-refractivity contribution < 1.29 is 14.7 Å². The lowest BCUT2D eigenvalue weighted by molar-refractivity contribution is -0.131. The number of nitrogens with zero attached hydrogens (tertiary/aromatic N) is 1. The molecule has 0 aliphatic rings. The minimum absolute atomic E-state index is 0.310. The lowest BCUT2D eigenvalue weighted by Gasteiger charge is -2.03. The maximum Gasteiger partial charge on any atom is 0.347 e. The zero-order valence-corrected chi connectivity index (χ0v) is 17.0. The number of aliphatic carboxylic acids is 1. The smallest absolute Gasteiger partial charge is 0.347 e. The third-order valence-corrected chi connectivity index (χ3v) is 5.38. The van der Waals surface area contributed by atoms with Gasteiger partial charge in [-0.15, -0.1) is 11.3 Å². The second kappa shape index (κ2) is 8.75. The molecule has 1 heterocycles. The average Bonchev–Trinajstić information content (AvgIpc) is 3.13. The fourth-order valence-electron chi connectivity index (χ4n) is 2.23. The molecule has 2 N–H and O–H groups in total. The number of hydrogen-bond donors (Lipinski definition) is 2. The summed E-state index contributed by atoms with van der Waals surface area (Å²) in [6.45, 7) is 0. The second-order valence-corrected chi connectivity index (χ2v) is 7.62. The predicted octanol–water partition coefficient (Wildman–Crippen LogP) is 6.03. The number of rotatable bonds is 5. The molecular formula is C19H11Cl3N2O3S. The number of nitrogens with one attached hydrogen (secondary N) is 1. The molecule has 0 spiro atoms. The van der Waals surface area contributed by atoms with E-state index < -0.39 is 5.97 Å². The maximum absolute atomic E-state index is 12.4. The molecule has 28 heavy (non-hydrogen) atoms. The van der Waals surface area contributed by atoms with Crippen molar-refractivity contribution in [2.75, 3.05) is 5.32 Å². The van der Waals surface area contributed by atoms with Crippen LogP contribution in [0.5, 0.6) is 0 Å². The van der Waals surface area contributed by atoms with E-state index in [1.165, 1.54) is 17.4 Å². The lowest BCUT2D eigenvalue weighted by Crippen LogP contribution is -2.11. The summed E-state index contributed by atoms with van der Waals surface area (Å²) >= 11 is 18.8. The zero-order chi connectivity index (χ0) is 20.3. The van der Waals surface area contributed by atoms with E-state index in [-0.39, 0.29) is 10.9 Å². The summed E-state index contributed by atoms with van der Waals surface area (Å²) in [6, 6.07) is 11.5. The minimum atomic E-state index is -1.22. The quantitative estimate of drug-likeness (QED) is 0.462. The minimum Gasteiger partial charge on any atom is -0.477 e. The third-order valence-electron chi connectivity index (χ3n) is 3.61. The van der Waals surface area contributed by atoms with Crippen molar-refractivity contribution in [3.63, 3.8) is 0 Å². The number of amides is 1. The van der Waals surface area contributed by atoms with E-state index in [1.54, 1.807) is 47.8 Å². The largest absolute Gasteiger partial charge is 0.477 e. The molecule has 0 aliphatic heterocycles. The van der Waals surface area contributed by atoms with Gasteiger partial charge in [-0.25, -0.2) is 9.78 Å². The molecule has 0 saturated heterocycles. The van der Waals surface area contributed by atoms with Gasteiger partial charge in [-0.05, 0) is 35.9 Å². The molecule has 5 nitrogen and oxygen atoms in total. The van der Waals surface area contributed by atoms with E-state index in [4.69, 9.17) is 39.9 Å². The van der Waals surface area contributed by atoms with Crippen LogP contribution in [0.4, 0.5) is 5.13 Å². The van der Waals surface area contributed by atoms with E-state index in [9.17, 15) is 9.59 Å². The Morgan fingerprint density at radius 3 is 2.43 bits per heavy atom. The predicted molar refractivity (Wildman–Crippen MR) is 113 cm³/mol. The number of hydrogen-bond acceptors (Lipinski definition) is 4. The van der Waals surface area contributed by atoms with Crippen LogP contribution in [0.1, 0.15) is 15.9 Å². The van der Waals surface area contributed by atoms with Gasteiger partial charge in [-0.2, -0.15) is 0 Å². The van der Waals surface area contributed by atoms with Crippen molar-refractivity contribution in [2.24, 2.45) is 0 Å². The molecule has 142 valence electrons. The summed E-state index contributed by atoms with van der Waals surface area (Å²) in [5.41, 5.74) is 2.43. The molecule has 0 atom stereocenters. The molecule has 0 unspecified atom stereocenters. The molecule has 0 saturated carbocycles. The number of carboxylic acids is 1. The zero-order valence-electron chi connectivity index (χ0n) is 13.9. The van der Waals surface area contributed by atoms with Crippen LogP contribution in [-0.4, -0.2) is 22.0 Å². The van der Waals surface area contributed by atoms with Gasteiger partial charge in [0.05, 0.1) is 15.7 Å². The van der Waals surface area contributed by atoms with Crippen molar-refractivity contribution in [3.05, 3.63) is 74.0 Å². The van der Waals surface area contributed by atoms with Crippen LogP contribution in [0.15, 0.2) is 52.9 Å². The monoisotopic (exact) mass is 452 g/mol. The highest BCUT2D eigenvalue weighted by atomic mass is 35.5. The van der Waals surface area contributed by atoms with Gasteiger partial charge in [0.15, 0.2) is 5.13 Å². The van der Waals surface area contributed by atoms with Crippen LogP contribution in [0, 0.1) is 0 Å². The van der Waals surface area contributed by atoms with Crippen molar-refractivity contribution in [1.29, 1.82) is 0 Å². The van der Waals surface area contributed by atoms with Crippen LogP contribution < -0.4 is 5.32 Å². The molecule has 3 aromatic rings. The van der Waals surface area contributed by atoms with Crippen molar-refractivity contribution in [3.8, 4) is 11.3 Å². The highest BCUT2D eigenvalue weighted by Crippen LogP contribution is 2.30. The van der Waals surface area contributed by atoms with Gasteiger partial charge in [0, 0.05) is 16.5 Å². The van der Waals surface area contributed by atoms with E-state index in [1.807, 2.05) is 0 Å². The first kappa shape index (κ1) is 20.4. The molecule has 0 radical (unpaired) electrons. The van der Waals surface area contributed by atoms with Gasteiger partial charge < -0.3 is 5.11 Å². The first-order valence-corrected chi connectivity index (χ1v) is 9.77. The summed E-state index contributed by atoms with van der Waals surface area (Å²) in [7, 11) is 0. The number of thiazole rings is 1. The summed E-state index contributed by atoms with van der Waals surface area (Å²) in [4.78, 5) is 27.5. The van der Waals surface area contributed by atoms with Gasteiger partial charge >= 0.3 is 5.97 Å². The summed E-state index contributed by atoms with van der Waals surface area (Å²) in [5, 5.41) is 14.3. The van der Waals surface area contributed by atoms with Gasteiger partial charge in [0.1, 0.15) is 5.03 Å². The number of carbonyl (C=O) groups excluding carboxylic acids is 1. The number of anilines is 1. The highest BCUT2D eigenvalue weighted by Gasteiger charge is 2.11. The van der Waals surface area contributed by atoms with E-state index in [0.717, 1.165) is 5.56 Å². The number of aromatic nitrogens is 1. The Labute approximate surface area is 179 Å². The van der Waals surface area contributed by atoms with Gasteiger partial charge in [0.25, 0.3) is 5.91 Å². The Kier molecular flexibility index (Phi) is 6.36. The summed E-state index contributed by atoms with van der Waals surface area (Å²) < 4.78 is 0. The van der Waals surface area contributed by atoms with Crippen LogP contribution in [0.25, 0.3) is 17.3 Å². The first-order valence-electron chi connectivity index (χ1n) is 7.76. The first-order chi connectivity index (χ1) is 13.3. The highest BCUT2D eigenvalue weighted by molar-refractivity contribution is 7.14. The fraction of sp³-hybridized carbons (Fsp3) is 0. The van der Waals surface area contributed by atoms with E-state index in [0.29, 0.717) is 32.0 Å². The van der Waals surface area contributed by atoms with E-state index >= 15 is 0 Å². The second-order valence-electron chi connectivity index (χ2n) is 5.54. The van der Waals surface area contributed by atoms with Crippen molar-refractivity contribution in [1.82, 2.24) is 4.98 Å². The van der Waals surface area contributed by atoms with Gasteiger partial charge in [-0.3, -0.25) is 10.1 Å². The third kappa shape index (κ3) is 4.91. The summed E-state index contributed by atoms with van der Waals surface area (Å²) in [5.74, 6) is -1.56. The number of carboxylic acid groups (broad SMARTS) is 1. The van der Waals surface area contributed by atoms with Crippen LogP contribution in [0.3, 0.4) is 0 Å². The number of carbonyl (C=O) groups is 2. The Balaban J connectivity index is 1.71. The number of halogens is 3. The van der Waals surface area contributed by atoms with Gasteiger partial charge in [-0.1, -0.05) is 53.0 Å². The Bertz CT molecular complexity index is 1080. The SMILES string of the molecule is O=C(O)/C(Cl)=C/c1ccc(C(=O)Nc2nc(-c3ccc(Cl)c(Cl)c3)cs2)cc1. The molecule has 0 bridgehead atoms. The van der Waals surface area contributed by atoms with Crippen molar-refractivity contribution in [2.45, 2.75) is 0 Å². The van der Waals surface area contributed by atoms with Gasteiger partial charge in [0.2, 0.25) is 0 Å². The molecule has 9 heteroatoms. The molecule has 2 aromatic carbocycles. The fourth-order valence-corrected chi connectivity index (χ4v) is 3.37. The lowest BCUT2D eigenvalue weighted by atomic mass is 10.1. The Hall–Kier alpha value is -2.38. The molecule has 1 amide bonds. The number of benzene rings is 2. The average molecular weight is 454 g/mol. The molecule has 0 fully saturated rings. The normalized spacial score (nSPS) is 11.3.